The van der Waals surface area contributed by atoms with Crippen LogP contribution in [-0.2, 0) is 19.3 Å². The molecule has 0 fully saturated rings. The number of hydrogen-bond acceptors (Lipinski definition) is 1. The van der Waals surface area contributed by atoms with Crippen molar-refractivity contribution >= 4 is 0 Å². The summed E-state index contributed by atoms with van der Waals surface area (Å²) in [6, 6.07) is 0. The predicted octanol–water partition coefficient (Wildman–Crippen LogP) is 2.39. The van der Waals surface area contributed by atoms with Gasteiger partial charge < -0.3 is 4.98 Å². The molecular weight excluding hydrogens is 193 g/mol. The zero-order valence-electron chi connectivity index (χ0n) is 7.62. The van der Waals surface area contributed by atoms with Gasteiger partial charge in [-0.1, -0.05) is 0 Å². The van der Waals surface area contributed by atoms with E-state index in [1.165, 1.54) is 0 Å². The topological polar surface area (TPSA) is 28.7 Å². The first kappa shape index (κ1) is 9.55. The normalized spacial score (nSPS) is 16.8. The third-order valence-electron chi connectivity index (χ3n) is 2.37. The molecule has 1 aromatic heterocycles. The van der Waals surface area contributed by atoms with E-state index in [-0.39, 0.29) is 5.82 Å². The largest absolute Gasteiger partial charge is 0.396 e. The van der Waals surface area contributed by atoms with Crippen LogP contribution in [0.1, 0.15) is 30.1 Å². The van der Waals surface area contributed by atoms with E-state index < -0.39 is 12.6 Å². The number of nitrogens with zero attached hydrogens (tertiary/aromatic N) is 1. The predicted molar refractivity (Wildman–Crippen MR) is 45.0 cm³/mol. The molecule has 1 aromatic rings. The number of H-pyrrole nitrogens is 1. The molecule has 78 valence electrons. The number of imidazole rings is 1. The Kier molecular flexibility index (Phi) is 2.25. The zero-order valence-corrected chi connectivity index (χ0v) is 7.62. The van der Waals surface area contributed by atoms with Gasteiger partial charge in [-0.15, -0.1) is 0 Å². The summed E-state index contributed by atoms with van der Waals surface area (Å²) in [5.74, 6) is 0.0596. The Hall–Kier alpha value is -1.00. The second-order valence-corrected chi connectivity index (χ2v) is 3.61. The van der Waals surface area contributed by atoms with Crippen LogP contribution < -0.4 is 0 Å². The van der Waals surface area contributed by atoms with Gasteiger partial charge in [0.15, 0.2) is 0 Å². The molecule has 0 saturated heterocycles. The zero-order chi connectivity index (χ0) is 10.2. The van der Waals surface area contributed by atoms with E-state index in [4.69, 9.17) is 0 Å². The summed E-state index contributed by atoms with van der Waals surface area (Å²) in [7, 11) is 0. The fourth-order valence-electron chi connectivity index (χ4n) is 1.79. The Balaban J connectivity index is 2.16. The van der Waals surface area contributed by atoms with Gasteiger partial charge in [-0.2, -0.15) is 13.2 Å². The molecule has 14 heavy (non-hydrogen) atoms. The molecule has 5 heteroatoms. The van der Waals surface area contributed by atoms with Crippen molar-refractivity contribution in [3.63, 3.8) is 0 Å². The lowest BCUT2D eigenvalue weighted by Gasteiger charge is -2.07. The Labute approximate surface area is 79.5 Å². The molecule has 2 nitrogen and oxygen atoms in total. The van der Waals surface area contributed by atoms with Crippen LogP contribution in [0.4, 0.5) is 13.2 Å². The molecular formula is C9H11F3N2. The lowest BCUT2D eigenvalue weighted by molar-refractivity contribution is -0.128. The van der Waals surface area contributed by atoms with E-state index in [9.17, 15) is 13.2 Å². The molecule has 0 aliphatic heterocycles. The van der Waals surface area contributed by atoms with Crippen LogP contribution in [0.25, 0.3) is 0 Å². The van der Waals surface area contributed by atoms with E-state index in [0.29, 0.717) is 0 Å². The maximum atomic E-state index is 12.0. The van der Waals surface area contributed by atoms with Gasteiger partial charge in [0.2, 0.25) is 0 Å². The monoisotopic (exact) mass is 204 g/mol. The summed E-state index contributed by atoms with van der Waals surface area (Å²) in [6.45, 7) is 0. The fourth-order valence-corrected chi connectivity index (χ4v) is 1.79. The van der Waals surface area contributed by atoms with Crippen molar-refractivity contribution in [3.05, 3.63) is 17.2 Å². The summed E-state index contributed by atoms with van der Waals surface area (Å²) in [5.41, 5.74) is 1.73. The second-order valence-electron chi connectivity index (χ2n) is 3.61. The highest BCUT2D eigenvalue weighted by Gasteiger charge is 2.30. The Morgan fingerprint density at radius 2 is 1.93 bits per heavy atom. The third-order valence-corrected chi connectivity index (χ3v) is 2.37. The summed E-state index contributed by atoms with van der Waals surface area (Å²) >= 11 is 0. The van der Waals surface area contributed by atoms with E-state index >= 15 is 0 Å². The summed E-state index contributed by atoms with van der Waals surface area (Å²) < 4.78 is 36.1. The summed E-state index contributed by atoms with van der Waals surface area (Å²) in [6.07, 6.45) is -1.39. The van der Waals surface area contributed by atoms with Crippen molar-refractivity contribution in [2.24, 2.45) is 0 Å². The van der Waals surface area contributed by atoms with Gasteiger partial charge in [-0.25, -0.2) is 4.98 Å². The molecule has 0 amide bonds. The number of aryl methyl sites for hydroxylation is 2. The van der Waals surface area contributed by atoms with Crippen molar-refractivity contribution in [1.29, 1.82) is 0 Å². The van der Waals surface area contributed by atoms with Crippen molar-refractivity contribution in [2.75, 3.05) is 0 Å². The Morgan fingerprint density at radius 1 is 1.21 bits per heavy atom. The molecule has 0 aromatic carbocycles. The van der Waals surface area contributed by atoms with Crippen LogP contribution >= 0.6 is 0 Å². The third kappa shape index (κ3) is 2.08. The van der Waals surface area contributed by atoms with Gasteiger partial charge in [-0.05, 0) is 25.7 Å². The highest BCUT2D eigenvalue weighted by molar-refractivity contribution is 5.17. The van der Waals surface area contributed by atoms with Crippen LogP contribution in [-0.4, -0.2) is 16.1 Å². The number of rotatable bonds is 1. The maximum Gasteiger partial charge on any atom is 0.396 e. The van der Waals surface area contributed by atoms with Crippen molar-refractivity contribution < 1.29 is 13.2 Å². The number of nitrogens with one attached hydrogen (secondary N) is 1. The molecule has 0 saturated carbocycles. The van der Waals surface area contributed by atoms with Crippen LogP contribution in [0, 0.1) is 0 Å². The quantitative estimate of drug-likeness (QED) is 0.747. The standard InChI is InChI=1S/C9H11F3N2/c10-9(11,12)5-8-13-6-3-1-2-4-7(6)14-8/h1-5H2,(H,13,14). The lowest BCUT2D eigenvalue weighted by Crippen LogP contribution is -2.12. The second kappa shape index (κ2) is 3.29. The molecule has 2 rings (SSSR count). The van der Waals surface area contributed by atoms with Crippen molar-refractivity contribution in [3.8, 4) is 0 Å². The highest BCUT2D eigenvalue weighted by Crippen LogP contribution is 2.23. The number of fused-ring (bicyclic) bond motifs is 1. The van der Waals surface area contributed by atoms with Gasteiger partial charge >= 0.3 is 6.18 Å². The molecule has 1 aliphatic carbocycles. The Bertz CT molecular complexity index is 304. The van der Waals surface area contributed by atoms with Gasteiger partial charge in [0.1, 0.15) is 12.2 Å². The van der Waals surface area contributed by atoms with Crippen LogP contribution in [0.5, 0.6) is 0 Å². The van der Waals surface area contributed by atoms with Gasteiger partial charge in [0, 0.05) is 5.69 Å². The Morgan fingerprint density at radius 3 is 2.57 bits per heavy atom. The number of aromatic nitrogens is 2. The SMILES string of the molecule is FC(F)(F)Cc1nc2c([nH]1)CCCC2. The van der Waals surface area contributed by atoms with E-state index in [0.717, 1.165) is 37.1 Å². The molecule has 0 bridgehead atoms. The summed E-state index contributed by atoms with van der Waals surface area (Å²) in [4.78, 5) is 6.72. The summed E-state index contributed by atoms with van der Waals surface area (Å²) in [5, 5.41) is 0. The van der Waals surface area contributed by atoms with Crippen LogP contribution in [0.3, 0.4) is 0 Å². The first-order chi connectivity index (χ1) is 6.54. The first-order valence-corrected chi connectivity index (χ1v) is 4.68. The van der Waals surface area contributed by atoms with Crippen LogP contribution in [0.15, 0.2) is 0 Å². The average Bonchev–Trinajstić information content (AvgIpc) is 2.42. The number of alkyl halides is 3. The molecule has 0 unspecified atom stereocenters. The molecule has 0 radical (unpaired) electrons. The minimum Gasteiger partial charge on any atom is -0.345 e. The highest BCUT2D eigenvalue weighted by atomic mass is 19.4. The molecule has 1 aliphatic rings. The number of aromatic amines is 1. The number of halogens is 3. The maximum absolute atomic E-state index is 12.0. The lowest BCUT2D eigenvalue weighted by atomic mass is 10.0. The van der Waals surface area contributed by atoms with Gasteiger partial charge in [0.05, 0.1) is 5.69 Å². The van der Waals surface area contributed by atoms with E-state index in [2.05, 4.69) is 9.97 Å². The van der Waals surface area contributed by atoms with Gasteiger partial charge in [0.25, 0.3) is 0 Å². The van der Waals surface area contributed by atoms with E-state index in [1.54, 1.807) is 0 Å². The fraction of sp³-hybridized carbons (Fsp3) is 0.667. The average molecular weight is 204 g/mol. The van der Waals surface area contributed by atoms with Crippen LogP contribution in [0.2, 0.25) is 0 Å². The molecule has 1 heterocycles. The minimum atomic E-state index is -4.17. The first-order valence-electron chi connectivity index (χ1n) is 4.68. The molecule has 1 N–H and O–H groups in total. The van der Waals surface area contributed by atoms with Gasteiger partial charge in [-0.3, -0.25) is 0 Å². The van der Waals surface area contributed by atoms with Crippen molar-refractivity contribution in [1.82, 2.24) is 9.97 Å². The number of hydrogen-bond donors (Lipinski definition) is 1. The molecule has 0 atom stereocenters. The smallest absolute Gasteiger partial charge is 0.345 e. The minimum absolute atomic E-state index is 0.0596. The van der Waals surface area contributed by atoms with Crippen molar-refractivity contribution in [2.45, 2.75) is 38.3 Å². The molecule has 0 spiro atoms. The van der Waals surface area contributed by atoms with E-state index in [1.807, 2.05) is 0 Å².